The highest BCUT2D eigenvalue weighted by molar-refractivity contribution is 7.92. The molecular weight excluding hydrogens is 392 g/mol. The molecule has 8 heteroatoms. The molecule has 1 fully saturated rings. The van der Waals surface area contributed by atoms with Crippen molar-refractivity contribution in [2.75, 3.05) is 23.7 Å². The third kappa shape index (κ3) is 5.71. The SMILES string of the molecule is C[C@H](C(=O)NC[C@@H]1CCCO1)N(c1ccc(Oc2ccccc2)cc1)S(C)(=O)=O. The zero-order valence-corrected chi connectivity index (χ0v) is 17.4. The third-order valence-corrected chi connectivity index (χ3v) is 5.93. The second-order valence-electron chi connectivity index (χ2n) is 7.02. The summed E-state index contributed by atoms with van der Waals surface area (Å²) in [4.78, 5) is 12.6. The molecule has 3 rings (SSSR count). The van der Waals surface area contributed by atoms with E-state index in [1.807, 2.05) is 30.3 Å². The van der Waals surface area contributed by atoms with Crippen molar-refractivity contribution in [3.05, 3.63) is 54.6 Å². The number of nitrogens with one attached hydrogen (secondary N) is 1. The van der Waals surface area contributed by atoms with E-state index in [4.69, 9.17) is 9.47 Å². The highest BCUT2D eigenvalue weighted by atomic mass is 32.2. The largest absolute Gasteiger partial charge is 0.457 e. The van der Waals surface area contributed by atoms with Crippen LogP contribution in [0.15, 0.2) is 54.6 Å². The van der Waals surface area contributed by atoms with Crippen LogP contribution in [0.5, 0.6) is 11.5 Å². The molecule has 1 heterocycles. The maximum absolute atomic E-state index is 12.6. The molecule has 0 aliphatic carbocycles. The summed E-state index contributed by atoms with van der Waals surface area (Å²) in [6, 6.07) is 15.0. The molecule has 0 radical (unpaired) electrons. The molecule has 2 aromatic carbocycles. The van der Waals surface area contributed by atoms with Crippen molar-refractivity contribution in [1.29, 1.82) is 0 Å². The number of nitrogens with zero attached hydrogens (tertiary/aromatic N) is 1. The highest BCUT2D eigenvalue weighted by Crippen LogP contribution is 2.27. The molecule has 1 saturated heterocycles. The molecule has 2 aromatic rings. The molecule has 0 aromatic heterocycles. The minimum absolute atomic E-state index is 0.00717. The topological polar surface area (TPSA) is 84.9 Å². The Kier molecular flexibility index (Phi) is 6.76. The Hall–Kier alpha value is -2.58. The number of carbonyl (C=O) groups excluding carboxylic acids is 1. The van der Waals surface area contributed by atoms with E-state index in [2.05, 4.69) is 5.32 Å². The van der Waals surface area contributed by atoms with Gasteiger partial charge in [-0.05, 0) is 56.2 Å². The van der Waals surface area contributed by atoms with Crippen LogP contribution >= 0.6 is 0 Å². The van der Waals surface area contributed by atoms with E-state index in [1.165, 1.54) is 0 Å². The first-order valence-electron chi connectivity index (χ1n) is 9.56. The fourth-order valence-corrected chi connectivity index (χ4v) is 4.44. The first-order valence-corrected chi connectivity index (χ1v) is 11.4. The predicted molar refractivity (Wildman–Crippen MR) is 112 cm³/mol. The summed E-state index contributed by atoms with van der Waals surface area (Å²) in [6.45, 7) is 2.65. The number of ether oxygens (including phenoxy) is 2. The van der Waals surface area contributed by atoms with Gasteiger partial charge < -0.3 is 14.8 Å². The fourth-order valence-electron chi connectivity index (χ4n) is 3.26. The monoisotopic (exact) mass is 418 g/mol. The lowest BCUT2D eigenvalue weighted by Gasteiger charge is -2.28. The lowest BCUT2D eigenvalue weighted by molar-refractivity contribution is -0.122. The number of hydrogen-bond acceptors (Lipinski definition) is 5. The number of rotatable bonds is 8. The second-order valence-corrected chi connectivity index (χ2v) is 8.88. The average Bonchev–Trinajstić information content (AvgIpc) is 3.21. The number of amides is 1. The molecule has 156 valence electrons. The number of sulfonamides is 1. The summed E-state index contributed by atoms with van der Waals surface area (Å²) in [5.74, 6) is 0.890. The van der Waals surface area contributed by atoms with Crippen LogP contribution in [0.25, 0.3) is 0 Å². The van der Waals surface area contributed by atoms with Gasteiger partial charge in [0.2, 0.25) is 15.9 Å². The van der Waals surface area contributed by atoms with Gasteiger partial charge in [-0.3, -0.25) is 9.10 Å². The lowest BCUT2D eigenvalue weighted by Crippen LogP contribution is -2.49. The fraction of sp³-hybridized carbons (Fsp3) is 0.381. The molecule has 1 N–H and O–H groups in total. The van der Waals surface area contributed by atoms with E-state index in [9.17, 15) is 13.2 Å². The molecule has 1 aliphatic heterocycles. The molecule has 0 saturated carbocycles. The first kappa shape index (κ1) is 21.1. The zero-order chi connectivity index (χ0) is 20.9. The lowest BCUT2D eigenvalue weighted by atomic mass is 10.2. The minimum atomic E-state index is -3.67. The Labute approximate surface area is 171 Å². The van der Waals surface area contributed by atoms with Gasteiger partial charge >= 0.3 is 0 Å². The molecule has 29 heavy (non-hydrogen) atoms. The van der Waals surface area contributed by atoms with Gasteiger partial charge in [0.05, 0.1) is 18.0 Å². The average molecular weight is 419 g/mol. The summed E-state index contributed by atoms with van der Waals surface area (Å²) in [6.07, 6.45) is 2.95. The number of benzene rings is 2. The van der Waals surface area contributed by atoms with Crippen molar-refractivity contribution in [1.82, 2.24) is 5.32 Å². The van der Waals surface area contributed by atoms with Crippen LogP contribution in [-0.2, 0) is 19.6 Å². The van der Waals surface area contributed by atoms with Crippen molar-refractivity contribution in [3.63, 3.8) is 0 Å². The van der Waals surface area contributed by atoms with Crippen molar-refractivity contribution < 1.29 is 22.7 Å². The summed E-state index contributed by atoms with van der Waals surface area (Å²) >= 11 is 0. The Balaban J connectivity index is 1.71. The van der Waals surface area contributed by atoms with Gasteiger partial charge in [-0.1, -0.05) is 18.2 Å². The van der Waals surface area contributed by atoms with Gasteiger partial charge in [-0.15, -0.1) is 0 Å². The molecule has 0 unspecified atom stereocenters. The van der Waals surface area contributed by atoms with Gasteiger partial charge in [0.1, 0.15) is 17.5 Å². The van der Waals surface area contributed by atoms with Crippen molar-refractivity contribution in [2.45, 2.75) is 31.9 Å². The van der Waals surface area contributed by atoms with E-state index in [0.29, 0.717) is 30.3 Å². The summed E-state index contributed by atoms with van der Waals surface area (Å²) in [7, 11) is -3.67. The molecule has 2 atom stereocenters. The van der Waals surface area contributed by atoms with Crippen molar-refractivity contribution >= 4 is 21.6 Å². The zero-order valence-electron chi connectivity index (χ0n) is 16.6. The van der Waals surface area contributed by atoms with Gasteiger partial charge in [0, 0.05) is 13.2 Å². The minimum Gasteiger partial charge on any atom is -0.457 e. The smallest absolute Gasteiger partial charge is 0.243 e. The summed E-state index contributed by atoms with van der Waals surface area (Å²) in [5, 5.41) is 2.80. The Bertz CT molecular complexity index is 910. The maximum Gasteiger partial charge on any atom is 0.243 e. The molecule has 7 nitrogen and oxygen atoms in total. The third-order valence-electron chi connectivity index (χ3n) is 4.69. The summed E-state index contributed by atoms with van der Waals surface area (Å²) in [5.41, 5.74) is 0.396. The highest BCUT2D eigenvalue weighted by Gasteiger charge is 2.29. The predicted octanol–water partition coefficient (Wildman–Crippen LogP) is 2.93. The quantitative estimate of drug-likeness (QED) is 0.713. The molecule has 1 amide bonds. The Morgan fingerprint density at radius 3 is 2.41 bits per heavy atom. The number of hydrogen-bond donors (Lipinski definition) is 1. The Morgan fingerprint density at radius 1 is 1.17 bits per heavy atom. The van der Waals surface area contributed by atoms with E-state index in [-0.39, 0.29) is 12.0 Å². The van der Waals surface area contributed by atoms with E-state index in [1.54, 1.807) is 31.2 Å². The van der Waals surface area contributed by atoms with Crippen LogP contribution in [0, 0.1) is 0 Å². The van der Waals surface area contributed by atoms with Crippen LogP contribution in [0.2, 0.25) is 0 Å². The van der Waals surface area contributed by atoms with Gasteiger partial charge in [-0.25, -0.2) is 8.42 Å². The van der Waals surface area contributed by atoms with Crippen LogP contribution < -0.4 is 14.4 Å². The van der Waals surface area contributed by atoms with Gasteiger partial charge in [0.15, 0.2) is 0 Å². The number of anilines is 1. The molecule has 0 spiro atoms. The number of carbonyl (C=O) groups is 1. The van der Waals surface area contributed by atoms with Crippen LogP contribution in [0.4, 0.5) is 5.69 Å². The van der Waals surface area contributed by atoms with E-state index >= 15 is 0 Å². The van der Waals surface area contributed by atoms with E-state index in [0.717, 1.165) is 23.4 Å². The van der Waals surface area contributed by atoms with Crippen LogP contribution in [0.1, 0.15) is 19.8 Å². The van der Waals surface area contributed by atoms with Crippen LogP contribution in [0.3, 0.4) is 0 Å². The van der Waals surface area contributed by atoms with E-state index < -0.39 is 16.1 Å². The molecule has 1 aliphatic rings. The number of para-hydroxylation sites is 1. The molecule has 0 bridgehead atoms. The standard InChI is InChI=1S/C21H26N2O5S/c1-16(21(24)22-15-20-9-6-14-27-20)23(29(2,25)26)17-10-12-19(13-11-17)28-18-7-4-3-5-8-18/h3-5,7-8,10-13,16,20H,6,9,14-15H2,1-2H3,(H,22,24)/t16-,20+/m1/s1. The Morgan fingerprint density at radius 2 is 1.83 bits per heavy atom. The van der Waals surface area contributed by atoms with Gasteiger partial charge in [0.25, 0.3) is 0 Å². The molecular formula is C21H26N2O5S. The normalized spacial score (nSPS) is 17.5. The van der Waals surface area contributed by atoms with Crippen molar-refractivity contribution in [2.24, 2.45) is 0 Å². The van der Waals surface area contributed by atoms with Crippen LogP contribution in [-0.4, -0.2) is 45.9 Å². The van der Waals surface area contributed by atoms with Crippen molar-refractivity contribution in [3.8, 4) is 11.5 Å². The summed E-state index contributed by atoms with van der Waals surface area (Å²) < 4.78 is 37.2. The second kappa shape index (κ2) is 9.28. The van der Waals surface area contributed by atoms with Gasteiger partial charge in [-0.2, -0.15) is 0 Å². The first-order chi connectivity index (χ1) is 13.8. The maximum atomic E-state index is 12.6.